The molecule has 1 atom stereocenters. The standard InChI is InChI=1S/C20H24F2N2O2S/c1-24(13-16-5-9-18(27-2)10-6-16)14-19(25)23-12-11-15-3-7-17(8-4-15)26-20(21)22/h3-10,20H,11-14H2,1-2H3,(H,23,25)/p+1. The third-order valence-electron chi connectivity index (χ3n) is 4.01. The zero-order chi connectivity index (χ0) is 19.6. The lowest BCUT2D eigenvalue weighted by atomic mass is 10.1. The van der Waals surface area contributed by atoms with Gasteiger partial charge >= 0.3 is 6.61 Å². The van der Waals surface area contributed by atoms with Gasteiger partial charge in [-0.1, -0.05) is 24.3 Å². The van der Waals surface area contributed by atoms with Gasteiger partial charge in [-0.25, -0.2) is 0 Å². The van der Waals surface area contributed by atoms with E-state index >= 15 is 0 Å². The first kappa shape index (κ1) is 21.2. The van der Waals surface area contributed by atoms with E-state index in [2.05, 4.69) is 34.3 Å². The monoisotopic (exact) mass is 395 g/mol. The number of carbonyl (C=O) groups is 1. The Bertz CT molecular complexity index is 709. The normalized spacial score (nSPS) is 12.0. The first-order valence-corrected chi connectivity index (χ1v) is 9.93. The Hall–Kier alpha value is -2.12. The number of hydrogen-bond acceptors (Lipinski definition) is 3. The second-order valence-corrected chi connectivity index (χ2v) is 7.16. The number of quaternary nitrogens is 1. The summed E-state index contributed by atoms with van der Waals surface area (Å²) in [4.78, 5) is 14.4. The summed E-state index contributed by atoms with van der Waals surface area (Å²) >= 11 is 1.71. The Morgan fingerprint density at radius 3 is 2.33 bits per heavy atom. The number of ether oxygens (including phenoxy) is 1. The zero-order valence-corrected chi connectivity index (χ0v) is 16.3. The highest BCUT2D eigenvalue weighted by Gasteiger charge is 2.10. The fraction of sp³-hybridized carbons (Fsp3) is 0.350. The third kappa shape index (κ3) is 7.97. The summed E-state index contributed by atoms with van der Waals surface area (Å²) in [5.41, 5.74) is 2.15. The Morgan fingerprint density at radius 2 is 1.74 bits per heavy atom. The lowest BCUT2D eigenvalue weighted by molar-refractivity contribution is -0.885. The van der Waals surface area contributed by atoms with Crippen LogP contribution in [-0.4, -0.2) is 38.9 Å². The molecule has 0 aromatic heterocycles. The van der Waals surface area contributed by atoms with E-state index in [9.17, 15) is 13.6 Å². The Balaban J connectivity index is 1.69. The molecule has 0 saturated carbocycles. The molecule has 2 N–H and O–H groups in total. The van der Waals surface area contributed by atoms with Gasteiger partial charge in [0.25, 0.3) is 5.91 Å². The highest BCUT2D eigenvalue weighted by atomic mass is 32.2. The highest BCUT2D eigenvalue weighted by molar-refractivity contribution is 7.98. The van der Waals surface area contributed by atoms with Crippen molar-refractivity contribution >= 4 is 17.7 Å². The average Bonchev–Trinajstić information content (AvgIpc) is 2.63. The maximum absolute atomic E-state index is 12.1. The average molecular weight is 395 g/mol. The number of thioether (sulfide) groups is 1. The van der Waals surface area contributed by atoms with Crippen molar-refractivity contribution in [3.8, 4) is 5.75 Å². The molecule has 146 valence electrons. The van der Waals surface area contributed by atoms with Gasteiger partial charge in [-0.2, -0.15) is 8.78 Å². The van der Waals surface area contributed by atoms with Gasteiger partial charge in [0.2, 0.25) is 0 Å². The lowest BCUT2D eigenvalue weighted by Crippen LogP contribution is -3.08. The third-order valence-corrected chi connectivity index (χ3v) is 4.76. The summed E-state index contributed by atoms with van der Waals surface area (Å²) in [7, 11) is 1.99. The molecule has 2 aromatic rings. The number of alkyl halides is 2. The molecule has 2 aromatic carbocycles. The van der Waals surface area contributed by atoms with E-state index in [0.717, 1.165) is 17.0 Å². The van der Waals surface area contributed by atoms with E-state index in [0.29, 0.717) is 19.5 Å². The number of halogens is 2. The van der Waals surface area contributed by atoms with Crippen LogP contribution < -0.4 is 15.0 Å². The first-order chi connectivity index (χ1) is 13.0. The van der Waals surface area contributed by atoms with Crippen LogP contribution >= 0.6 is 11.8 Å². The summed E-state index contributed by atoms with van der Waals surface area (Å²) in [5.74, 6) is 0.125. The molecule has 2 rings (SSSR count). The predicted octanol–water partition coefficient (Wildman–Crippen LogP) is 2.38. The summed E-state index contributed by atoms with van der Waals surface area (Å²) in [6.07, 6.45) is 2.68. The molecule has 0 heterocycles. The van der Waals surface area contributed by atoms with Crippen LogP contribution in [0.25, 0.3) is 0 Å². The molecule has 0 aliphatic heterocycles. The van der Waals surface area contributed by atoms with Crippen molar-refractivity contribution in [2.24, 2.45) is 0 Å². The fourth-order valence-electron chi connectivity index (χ4n) is 2.67. The Kier molecular flexibility index (Phi) is 8.54. The largest absolute Gasteiger partial charge is 0.435 e. The van der Waals surface area contributed by atoms with E-state index in [4.69, 9.17) is 0 Å². The van der Waals surface area contributed by atoms with Crippen LogP contribution in [0.3, 0.4) is 0 Å². The van der Waals surface area contributed by atoms with E-state index in [1.807, 2.05) is 13.3 Å². The highest BCUT2D eigenvalue weighted by Crippen LogP contribution is 2.15. The minimum absolute atomic E-state index is 0.00844. The molecule has 0 bridgehead atoms. The summed E-state index contributed by atoms with van der Waals surface area (Å²) in [6.45, 7) is -1.14. The van der Waals surface area contributed by atoms with E-state index in [-0.39, 0.29) is 11.7 Å². The quantitative estimate of drug-likeness (QED) is 0.607. The molecule has 0 aliphatic rings. The van der Waals surface area contributed by atoms with Crippen LogP contribution in [0.4, 0.5) is 8.78 Å². The maximum Gasteiger partial charge on any atom is 0.387 e. The molecule has 7 heteroatoms. The molecule has 1 amide bonds. The molecule has 0 radical (unpaired) electrons. The van der Waals surface area contributed by atoms with Crippen molar-refractivity contribution in [1.82, 2.24) is 5.32 Å². The van der Waals surface area contributed by atoms with Gasteiger partial charge in [0.1, 0.15) is 12.3 Å². The van der Waals surface area contributed by atoms with Crippen molar-refractivity contribution in [3.63, 3.8) is 0 Å². The minimum atomic E-state index is -2.82. The van der Waals surface area contributed by atoms with Gasteiger partial charge < -0.3 is 15.0 Å². The first-order valence-electron chi connectivity index (χ1n) is 8.71. The van der Waals surface area contributed by atoms with Crippen LogP contribution in [0.15, 0.2) is 53.4 Å². The molecule has 1 unspecified atom stereocenters. The lowest BCUT2D eigenvalue weighted by Gasteiger charge is -2.14. The maximum atomic E-state index is 12.1. The van der Waals surface area contributed by atoms with E-state index in [1.54, 1.807) is 23.9 Å². The Morgan fingerprint density at radius 1 is 1.11 bits per heavy atom. The molecule has 0 aliphatic carbocycles. The van der Waals surface area contributed by atoms with Gasteiger partial charge in [0, 0.05) is 17.0 Å². The van der Waals surface area contributed by atoms with Gasteiger partial charge in [-0.05, 0) is 42.5 Å². The topological polar surface area (TPSA) is 42.8 Å². The number of likely N-dealkylation sites (N-methyl/N-ethyl adjacent to an activating group) is 1. The number of nitrogens with one attached hydrogen (secondary N) is 2. The number of rotatable bonds is 10. The van der Waals surface area contributed by atoms with Gasteiger partial charge in [-0.3, -0.25) is 4.79 Å². The van der Waals surface area contributed by atoms with Crippen LogP contribution in [0, 0.1) is 0 Å². The molecule has 0 fully saturated rings. The van der Waals surface area contributed by atoms with Crippen LogP contribution in [0.5, 0.6) is 5.75 Å². The van der Waals surface area contributed by atoms with Crippen molar-refractivity contribution in [2.45, 2.75) is 24.5 Å². The Labute approximate surface area is 162 Å². The number of benzene rings is 2. The molecular weight excluding hydrogens is 370 g/mol. The van der Waals surface area contributed by atoms with Crippen molar-refractivity contribution in [1.29, 1.82) is 0 Å². The van der Waals surface area contributed by atoms with Crippen LogP contribution in [-0.2, 0) is 17.8 Å². The summed E-state index contributed by atoms with van der Waals surface area (Å²) < 4.78 is 28.5. The summed E-state index contributed by atoms with van der Waals surface area (Å²) in [6, 6.07) is 14.8. The van der Waals surface area contributed by atoms with E-state index < -0.39 is 6.61 Å². The van der Waals surface area contributed by atoms with Crippen molar-refractivity contribution < 1.29 is 23.2 Å². The SMILES string of the molecule is CSc1ccc(C[NH+](C)CC(=O)NCCc2ccc(OC(F)F)cc2)cc1. The molecular formula is C20H25F2N2O2S+. The number of amides is 1. The van der Waals surface area contributed by atoms with Crippen molar-refractivity contribution in [3.05, 3.63) is 59.7 Å². The fourth-order valence-corrected chi connectivity index (χ4v) is 3.08. The molecule has 0 saturated heterocycles. The van der Waals surface area contributed by atoms with Crippen molar-refractivity contribution in [2.75, 3.05) is 26.4 Å². The second kappa shape index (κ2) is 10.9. The number of hydrogen-bond donors (Lipinski definition) is 2. The minimum Gasteiger partial charge on any atom is -0.435 e. The van der Waals surface area contributed by atoms with E-state index in [1.165, 1.54) is 22.6 Å². The number of carbonyl (C=O) groups excluding carboxylic acids is 1. The molecule has 27 heavy (non-hydrogen) atoms. The van der Waals surface area contributed by atoms with Crippen LogP contribution in [0.1, 0.15) is 11.1 Å². The molecule has 4 nitrogen and oxygen atoms in total. The second-order valence-electron chi connectivity index (χ2n) is 6.28. The zero-order valence-electron chi connectivity index (χ0n) is 15.5. The van der Waals surface area contributed by atoms with Crippen LogP contribution in [0.2, 0.25) is 0 Å². The van der Waals surface area contributed by atoms with Gasteiger partial charge in [0.05, 0.1) is 7.05 Å². The predicted molar refractivity (Wildman–Crippen MR) is 103 cm³/mol. The van der Waals surface area contributed by atoms with Gasteiger partial charge in [0.15, 0.2) is 6.54 Å². The molecule has 0 spiro atoms. The summed E-state index contributed by atoms with van der Waals surface area (Å²) in [5, 5.41) is 2.90. The van der Waals surface area contributed by atoms with Gasteiger partial charge in [-0.15, -0.1) is 11.8 Å². The smallest absolute Gasteiger partial charge is 0.387 e.